The van der Waals surface area contributed by atoms with Crippen molar-refractivity contribution in [3.63, 3.8) is 0 Å². The van der Waals surface area contributed by atoms with Gasteiger partial charge in [0, 0.05) is 30.9 Å². The minimum Gasteiger partial charge on any atom is -0.480 e. The van der Waals surface area contributed by atoms with Crippen LogP contribution in [0.1, 0.15) is 24.2 Å². The van der Waals surface area contributed by atoms with Crippen LogP contribution in [-0.2, 0) is 17.8 Å². The monoisotopic (exact) mass is 343 g/mol. The van der Waals surface area contributed by atoms with Crippen LogP contribution < -0.4 is 10.9 Å². The van der Waals surface area contributed by atoms with E-state index < -0.39 is 11.5 Å². The van der Waals surface area contributed by atoms with Gasteiger partial charge in [-0.15, -0.1) is 5.10 Å². The van der Waals surface area contributed by atoms with Crippen molar-refractivity contribution in [2.75, 3.05) is 6.54 Å². The molecule has 4 rings (SSSR count). The zero-order valence-corrected chi connectivity index (χ0v) is 13.3. The maximum Gasteiger partial charge on any atom is 0.324 e. The number of fused-ring (bicyclic) bond motifs is 1. The van der Waals surface area contributed by atoms with Gasteiger partial charge in [-0.1, -0.05) is 5.21 Å². The molecule has 10 nitrogen and oxygen atoms in total. The Labute approximate surface area is 141 Å². The molecule has 3 aromatic heterocycles. The highest BCUT2D eigenvalue weighted by molar-refractivity contribution is 5.79. The van der Waals surface area contributed by atoms with E-state index in [1.165, 1.54) is 10.6 Å². The molecule has 25 heavy (non-hydrogen) atoms. The van der Waals surface area contributed by atoms with Crippen LogP contribution >= 0.6 is 0 Å². The van der Waals surface area contributed by atoms with Gasteiger partial charge < -0.3 is 10.4 Å². The quantitative estimate of drug-likeness (QED) is 0.564. The van der Waals surface area contributed by atoms with E-state index in [2.05, 4.69) is 25.7 Å². The standard InChI is InChI=1S/C15H17N7O3/c23-13-6-10(18-12-2-5-17-22(12)13)8-21-9-11(19-20-21)7-15(14(24)25)3-1-4-16-15/h2,5-6,9,16-17H,1,3-4,7-8H2,(H,24,25). The lowest BCUT2D eigenvalue weighted by Crippen LogP contribution is -2.49. The van der Waals surface area contributed by atoms with Gasteiger partial charge in [-0.05, 0) is 19.4 Å². The van der Waals surface area contributed by atoms with Crippen LogP contribution in [0.5, 0.6) is 0 Å². The first-order valence-electron chi connectivity index (χ1n) is 7.99. The second-order valence-corrected chi connectivity index (χ2v) is 6.24. The number of hydrogen-bond donors (Lipinski definition) is 3. The molecule has 4 heterocycles. The van der Waals surface area contributed by atoms with Crippen molar-refractivity contribution in [2.24, 2.45) is 0 Å². The second-order valence-electron chi connectivity index (χ2n) is 6.24. The Morgan fingerprint density at radius 3 is 3.04 bits per heavy atom. The Morgan fingerprint density at radius 1 is 1.40 bits per heavy atom. The Morgan fingerprint density at radius 2 is 2.28 bits per heavy atom. The average molecular weight is 343 g/mol. The predicted molar refractivity (Wildman–Crippen MR) is 86.2 cm³/mol. The number of nitrogens with one attached hydrogen (secondary N) is 2. The van der Waals surface area contributed by atoms with Crippen LogP contribution in [0, 0.1) is 0 Å². The van der Waals surface area contributed by atoms with Gasteiger partial charge in [-0.25, -0.2) is 14.2 Å². The van der Waals surface area contributed by atoms with Gasteiger partial charge in [-0.3, -0.25) is 14.7 Å². The smallest absolute Gasteiger partial charge is 0.324 e. The molecule has 0 spiro atoms. The third-order valence-electron chi connectivity index (χ3n) is 4.48. The lowest BCUT2D eigenvalue weighted by atomic mass is 9.92. The SMILES string of the molecule is O=C(O)C1(Cc2cn(Cc3cc(=O)n4[nH]ccc4n3)nn2)CCCN1. The van der Waals surface area contributed by atoms with Gasteiger partial charge >= 0.3 is 5.97 Å². The van der Waals surface area contributed by atoms with Crippen molar-refractivity contribution in [3.8, 4) is 0 Å². The van der Waals surface area contributed by atoms with Crippen molar-refractivity contribution >= 4 is 11.6 Å². The first-order valence-corrected chi connectivity index (χ1v) is 7.99. The van der Waals surface area contributed by atoms with E-state index in [4.69, 9.17) is 0 Å². The lowest BCUT2D eigenvalue weighted by Gasteiger charge is -2.22. The summed E-state index contributed by atoms with van der Waals surface area (Å²) in [5.74, 6) is -0.868. The number of carboxylic acid groups (broad SMARTS) is 1. The number of nitrogens with zero attached hydrogens (tertiary/aromatic N) is 5. The Kier molecular flexibility index (Phi) is 3.61. The number of carboxylic acids is 1. The molecule has 0 saturated carbocycles. The van der Waals surface area contributed by atoms with E-state index in [0.717, 1.165) is 6.42 Å². The summed E-state index contributed by atoms with van der Waals surface area (Å²) >= 11 is 0. The van der Waals surface area contributed by atoms with Crippen molar-refractivity contribution < 1.29 is 9.90 Å². The second kappa shape index (κ2) is 5.81. The largest absolute Gasteiger partial charge is 0.480 e. The van der Waals surface area contributed by atoms with Crippen LogP contribution in [0.25, 0.3) is 5.65 Å². The summed E-state index contributed by atoms with van der Waals surface area (Å²) in [7, 11) is 0. The summed E-state index contributed by atoms with van der Waals surface area (Å²) < 4.78 is 2.91. The molecule has 3 N–H and O–H groups in total. The van der Waals surface area contributed by atoms with E-state index in [9.17, 15) is 14.7 Å². The number of hydrogen-bond acceptors (Lipinski definition) is 6. The lowest BCUT2D eigenvalue weighted by molar-refractivity contribution is -0.144. The average Bonchev–Trinajstić information content (AvgIpc) is 3.29. The molecule has 1 unspecified atom stereocenters. The molecule has 1 atom stereocenters. The van der Waals surface area contributed by atoms with E-state index in [0.29, 0.717) is 30.0 Å². The van der Waals surface area contributed by atoms with E-state index >= 15 is 0 Å². The number of carbonyl (C=O) groups is 1. The summed E-state index contributed by atoms with van der Waals surface area (Å²) in [6.45, 7) is 0.975. The first kappa shape index (κ1) is 15.5. The summed E-state index contributed by atoms with van der Waals surface area (Å²) in [6, 6.07) is 3.14. The predicted octanol–water partition coefficient (Wildman–Crippen LogP) is -0.588. The maximum atomic E-state index is 12.0. The molecule has 10 heteroatoms. The molecule has 0 bridgehead atoms. The summed E-state index contributed by atoms with van der Waals surface area (Å²) in [4.78, 5) is 28.0. The highest BCUT2D eigenvalue weighted by atomic mass is 16.4. The van der Waals surface area contributed by atoms with E-state index in [1.54, 1.807) is 23.1 Å². The van der Waals surface area contributed by atoms with E-state index in [-0.39, 0.29) is 18.5 Å². The van der Waals surface area contributed by atoms with Crippen molar-refractivity contribution in [2.45, 2.75) is 31.3 Å². The van der Waals surface area contributed by atoms with Crippen molar-refractivity contribution in [1.29, 1.82) is 0 Å². The van der Waals surface area contributed by atoms with Gasteiger partial charge in [0.15, 0.2) is 5.65 Å². The maximum absolute atomic E-state index is 12.0. The third-order valence-corrected chi connectivity index (χ3v) is 4.48. The minimum absolute atomic E-state index is 0.203. The fourth-order valence-corrected chi connectivity index (χ4v) is 3.25. The zero-order valence-electron chi connectivity index (χ0n) is 13.3. The molecule has 130 valence electrons. The molecular formula is C15H17N7O3. The highest BCUT2D eigenvalue weighted by Gasteiger charge is 2.41. The third kappa shape index (κ3) is 2.80. The molecule has 0 amide bonds. The first-order chi connectivity index (χ1) is 12.1. The minimum atomic E-state index is -0.970. The van der Waals surface area contributed by atoms with Crippen LogP contribution in [0.15, 0.2) is 29.3 Å². The molecule has 0 aromatic carbocycles. The van der Waals surface area contributed by atoms with Crippen LogP contribution in [-0.4, -0.2) is 52.8 Å². The number of rotatable bonds is 5. The van der Waals surface area contributed by atoms with Gasteiger partial charge in [0.05, 0.1) is 17.9 Å². The van der Waals surface area contributed by atoms with Crippen LogP contribution in [0.3, 0.4) is 0 Å². The topological polar surface area (TPSA) is 130 Å². The number of aromatic amines is 1. The molecule has 3 aromatic rings. The fraction of sp³-hybridized carbons (Fsp3) is 0.400. The summed E-state index contributed by atoms with van der Waals surface area (Å²) in [6.07, 6.45) is 5.00. The van der Waals surface area contributed by atoms with Gasteiger partial charge in [-0.2, -0.15) is 0 Å². The van der Waals surface area contributed by atoms with Gasteiger partial charge in [0.1, 0.15) is 5.54 Å². The Bertz CT molecular complexity index is 980. The molecule has 1 fully saturated rings. The zero-order chi connectivity index (χ0) is 17.4. The molecule has 1 aliphatic rings. The van der Waals surface area contributed by atoms with Crippen molar-refractivity contribution in [3.05, 3.63) is 46.3 Å². The number of aromatic nitrogens is 6. The summed E-state index contributed by atoms with van der Waals surface area (Å²) in [5.41, 5.74) is 0.513. The van der Waals surface area contributed by atoms with E-state index in [1.807, 2.05) is 0 Å². The van der Waals surface area contributed by atoms with Crippen molar-refractivity contribution in [1.82, 2.24) is 34.9 Å². The molecular weight excluding hydrogens is 326 g/mol. The molecule has 0 radical (unpaired) electrons. The highest BCUT2D eigenvalue weighted by Crippen LogP contribution is 2.23. The molecule has 1 aliphatic heterocycles. The van der Waals surface area contributed by atoms with Crippen LogP contribution in [0.2, 0.25) is 0 Å². The molecule has 0 aliphatic carbocycles. The fourth-order valence-electron chi connectivity index (χ4n) is 3.25. The Hall–Kier alpha value is -3.01. The van der Waals surface area contributed by atoms with Gasteiger partial charge in [0.2, 0.25) is 0 Å². The normalized spacial score (nSPS) is 20.3. The van der Waals surface area contributed by atoms with Crippen LogP contribution in [0.4, 0.5) is 0 Å². The number of aliphatic carboxylic acids is 1. The summed E-state index contributed by atoms with van der Waals surface area (Å²) in [5, 5.41) is 23.5. The van der Waals surface area contributed by atoms with Gasteiger partial charge in [0.25, 0.3) is 5.56 Å². The molecule has 1 saturated heterocycles. The number of H-pyrrole nitrogens is 1. The Balaban J connectivity index is 1.54.